The molecule has 130 valence electrons. The minimum atomic E-state index is -0.330. The second kappa shape index (κ2) is 8.23. The molecule has 0 bridgehead atoms. The summed E-state index contributed by atoms with van der Waals surface area (Å²) in [7, 11) is 0. The summed E-state index contributed by atoms with van der Waals surface area (Å²) in [5.41, 5.74) is 0.412. The fraction of sp³-hybridized carbons (Fsp3) is 0.500. The lowest BCUT2D eigenvalue weighted by Gasteiger charge is -2.35. The van der Waals surface area contributed by atoms with Gasteiger partial charge in [0, 0.05) is 55.4 Å². The van der Waals surface area contributed by atoms with E-state index in [-0.39, 0.29) is 11.7 Å². The molecule has 2 heterocycles. The molecule has 0 aromatic heterocycles. The van der Waals surface area contributed by atoms with Crippen molar-refractivity contribution >= 4 is 27.9 Å². The van der Waals surface area contributed by atoms with Crippen molar-refractivity contribution in [2.45, 2.75) is 18.9 Å². The summed E-state index contributed by atoms with van der Waals surface area (Å²) in [4.78, 5) is 16.5. The fourth-order valence-corrected chi connectivity index (χ4v) is 3.51. The number of piperazine rings is 1. The zero-order valence-corrected chi connectivity index (χ0v) is 15.2. The maximum Gasteiger partial charge on any atom is 0.246 e. The Hall–Kier alpha value is -1.24. The molecule has 2 fully saturated rings. The van der Waals surface area contributed by atoms with Crippen LogP contribution in [0.15, 0.2) is 28.7 Å². The number of nitrogens with zero attached hydrogens (tertiary/aromatic N) is 2. The van der Waals surface area contributed by atoms with E-state index in [0.29, 0.717) is 24.8 Å². The topological polar surface area (TPSA) is 32.8 Å². The Morgan fingerprint density at radius 3 is 2.83 bits per heavy atom. The van der Waals surface area contributed by atoms with Crippen LogP contribution in [0.5, 0.6) is 0 Å². The predicted molar refractivity (Wildman–Crippen MR) is 95.1 cm³/mol. The van der Waals surface area contributed by atoms with Gasteiger partial charge in [-0.1, -0.05) is 15.9 Å². The molecule has 2 aliphatic heterocycles. The average Bonchev–Trinajstić information content (AvgIpc) is 3.09. The summed E-state index contributed by atoms with van der Waals surface area (Å²) in [6.07, 6.45) is 5.65. The first-order valence-electron chi connectivity index (χ1n) is 8.38. The van der Waals surface area contributed by atoms with Crippen LogP contribution in [-0.2, 0) is 9.53 Å². The molecule has 0 spiro atoms. The molecule has 0 radical (unpaired) electrons. The van der Waals surface area contributed by atoms with Crippen LogP contribution in [0.3, 0.4) is 0 Å². The van der Waals surface area contributed by atoms with Gasteiger partial charge in [0.25, 0.3) is 0 Å². The second-order valence-electron chi connectivity index (χ2n) is 6.26. The Labute approximate surface area is 150 Å². The monoisotopic (exact) mass is 396 g/mol. The van der Waals surface area contributed by atoms with Crippen molar-refractivity contribution in [2.75, 3.05) is 39.3 Å². The van der Waals surface area contributed by atoms with Crippen molar-refractivity contribution in [1.82, 2.24) is 9.80 Å². The lowest BCUT2D eigenvalue weighted by molar-refractivity contribution is -0.127. The number of carbonyl (C=O) groups excluding carboxylic acids is 1. The van der Waals surface area contributed by atoms with Crippen LogP contribution < -0.4 is 0 Å². The highest BCUT2D eigenvalue weighted by Gasteiger charge is 2.24. The first-order valence-corrected chi connectivity index (χ1v) is 9.17. The standard InChI is InChI=1S/C18H22BrFN2O2/c19-15-4-5-17(20)14(12-15)3-6-18(23)22-9-7-21(8-10-22)13-16-2-1-11-24-16/h3-6,12,16H,1-2,7-11,13H2/b6-3-/t16-/m0/s1. The molecule has 0 aliphatic carbocycles. The zero-order valence-electron chi connectivity index (χ0n) is 13.6. The van der Waals surface area contributed by atoms with Gasteiger partial charge < -0.3 is 9.64 Å². The molecule has 1 amide bonds. The van der Waals surface area contributed by atoms with E-state index in [1.165, 1.54) is 12.1 Å². The number of halogens is 2. The van der Waals surface area contributed by atoms with E-state index in [1.54, 1.807) is 18.2 Å². The number of hydrogen-bond acceptors (Lipinski definition) is 3. The first kappa shape index (κ1) is 17.6. The summed E-state index contributed by atoms with van der Waals surface area (Å²) in [5.74, 6) is -0.394. The van der Waals surface area contributed by atoms with Gasteiger partial charge in [-0.2, -0.15) is 0 Å². The second-order valence-corrected chi connectivity index (χ2v) is 7.18. The summed E-state index contributed by atoms with van der Waals surface area (Å²) < 4.78 is 20.1. The zero-order chi connectivity index (χ0) is 16.9. The third-order valence-electron chi connectivity index (χ3n) is 4.53. The Balaban J connectivity index is 1.49. The van der Waals surface area contributed by atoms with Gasteiger partial charge in [0.2, 0.25) is 5.91 Å². The highest BCUT2D eigenvalue weighted by Crippen LogP contribution is 2.17. The van der Waals surface area contributed by atoms with Crippen LogP contribution in [0.1, 0.15) is 18.4 Å². The van der Waals surface area contributed by atoms with Gasteiger partial charge in [-0.3, -0.25) is 9.69 Å². The van der Waals surface area contributed by atoms with Crippen LogP contribution in [-0.4, -0.2) is 61.1 Å². The number of rotatable bonds is 4. The summed E-state index contributed by atoms with van der Waals surface area (Å²) in [6.45, 7) is 4.98. The lowest BCUT2D eigenvalue weighted by Crippen LogP contribution is -2.50. The molecule has 0 N–H and O–H groups in total. The Kier molecular flexibility index (Phi) is 6.03. The average molecular weight is 397 g/mol. The van der Waals surface area contributed by atoms with E-state index in [2.05, 4.69) is 20.8 Å². The van der Waals surface area contributed by atoms with Crippen LogP contribution in [0.25, 0.3) is 6.08 Å². The van der Waals surface area contributed by atoms with Crippen molar-refractivity contribution < 1.29 is 13.9 Å². The number of hydrogen-bond donors (Lipinski definition) is 0. The van der Waals surface area contributed by atoms with E-state index in [4.69, 9.17) is 4.74 Å². The predicted octanol–water partition coefficient (Wildman–Crippen LogP) is 2.92. The van der Waals surface area contributed by atoms with Gasteiger partial charge in [0.15, 0.2) is 0 Å². The molecule has 24 heavy (non-hydrogen) atoms. The lowest BCUT2D eigenvalue weighted by atomic mass is 10.2. The number of ether oxygens (including phenoxy) is 1. The third kappa shape index (κ3) is 4.65. The fourth-order valence-electron chi connectivity index (χ4n) is 3.14. The third-order valence-corrected chi connectivity index (χ3v) is 5.03. The summed E-state index contributed by atoms with van der Waals surface area (Å²) in [6, 6.07) is 4.69. The molecule has 2 aliphatic rings. The smallest absolute Gasteiger partial charge is 0.246 e. The minimum Gasteiger partial charge on any atom is -0.377 e. The van der Waals surface area contributed by atoms with Crippen LogP contribution in [0, 0.1) is 5.82 Å². The van der Waals surface area contributed by atoms with Crippen molar-refractivity contribution in [3.05, 3.63) is 40.1 Å². The van der Waals surface area contributed by atoms with E-state index >= 15 is 0 Å². The minimum absolute atomic E-state index is 0.0638. The molecular formula is C18H22BrFN2O2. The molecule has 6 heteroatoms. The summed E-state index contributed by atoms with van der Waals surface area (Å²) >= 11 is 3.31. The van der Waals surface area contributed by atoms with E-state index in [9.17, 15) is 9.18 Å². The normalized spacial score (nSPS) is 22.4. The number of benzene rings is 1. The molecule has 3 rings (SSSR count). The van der Waals surface area contributed by atoms with Crippen molar-refractivity contribution in [2.24, 2.45) is 0 Å². The van der Waals surface area contributed by atoms with E-state index < -0.39 is 0 Å². The van der Waals surface area contributed by atoms with Gasteiger partial charge in [-0.25, -0.2) is 4.39 Å². The highest BCUT2D eigenvalue weighted by atomic mass is 79.9. The van der Waals surface area contributed by atoms with Gasteiger partial charge in [-0.15, -0.1) is 0 Å². The number of carbonyl (C=O) groups is 1. The van der Waals surface area contributed by atoms with Gasteiger partial charge in [0.05, 0.1) is 6.10 Å². The molecule has 2 saturated heterocycles. The quantitative estimate of drug-likeness (QED) is 0.733. The van der Waals surface area contributed by atoms with E-state index in [1.807, 2.05) is 4.90 Å². The van der Waals surface area contributed by atoms with Gasteiger partial charge in [-0.05, 0) is 37.1 Å². The molecule has 0 unspecified atom stereocenters. The summed E-state index contributed by atoms with van der Waals surface area (Å²) in [5, 5.41) is 0. The van der Waals surface area contributed by atoms with Crippen molar-refractivity contribution in [3.8, 4) is 0 Å². The Morgan fingerprint density at radius 2 is 2.12 bits per heavy atom. The molecule has 4 nitrogen and oxygen atoms in total. The number of amides is 1. The molecule has 1 aromatic carbocycles. The largest absolute Gasteiger partial charge is 0.377 e. The Morgan fingerprint density at radius 1 is 1.33 bits per heavy atom. The molecule has 1 aromatic rings. The van der Waals surface area contributed by atoms with Gasteiger partial charge in [0.1, 0.15) is 5.82 Å². The molecule has 0 saturated carbocycles. The molecular weight excluding hydrogens is 375 g/mol. The van der Waals surface area contributed by atoms with Crippen LogP contribution >= 0.6 is 15.9 Å². The molecule has 1 atom stereocenters. The Bertz CT molecular complexity index is 609. The SMILES string of the molecule is O=C(/C=C\c1cc(Br)ccc1F)N1CCN(C[C@@H]2CCCO2)CC1. The van der Waals surface area contributed by atoms with E-state index in [0.717, 1.165) is 43.6 Å². The van der Waals surface area contributed by atoms with Crippen LogP contribution in [0.4, 0.5) is 4.39 Å². The first-order chi connectivity index (χ1) is 11.6. The van der Waals surface area contributed by atoms with Gasteiger partial charge >= 0.3 is 0 Å². The van der Waals surface area contributed by atoms with Crippen molar-refractivity contribution in [3.63, 3.8) is 0 Å². The highest BCUT2D eigenvalue weighted by molar-refractivity contribution is 9.10. The van der Waals surface area contributed by atoms with Crippen molar-refractivity contribution in [1.29, 1.82) is 0 Å². The maximum absolute atomic E-state index is 13.7. The van der Waals surface area contributed by atoms with Crippen LogP contribution in [0.2, 0.25) is 0 Å². The maximum atomic E-state index is 13.7.